The number of rotatable bonds is 7. The largest absolute Gasteiger partial charge is 0.494 e. The third-order valence-electron chi connectivity index (χ3n) is 2.42. The topological polar surface area (TPSA) is 67.4 Å². The van der Waals surface area contributed by atoms with E-state index < -0.39 is 0 Å². The van der Waals surface area contributed by atoms with E-state index in [4.69, 9.17) is 4.74 Å². The fourth-order valence-electron chi connectivity index (χ4n) is 1.50. The molecule has 2 amide bonds. The highest BCUT2D eigenvalue weighted by molar-refractivity contribution is 5.91. The number of benzene rings is 1. The van der Waals surface area contributed by atoms with Gasteiger partial charge in [-0.25, -0.2) is 0 Å². The third-order valence-corrected chi connectivity index (χ3v) is 2.42. The van der Waals surface area contributed by atoms with E-state index in [2.05, 4.69) is 10.6 Å². The average Bonchev–Trinajstić information content (AvgIpc) is 2.43. The minimum atomic E-state index is -0.191. The Morgan fingerprint density at radius 3 is 2.40 bits per heavy atom. The van der Waals surface area contributed by atoms with Gasteiger partial charge in [-0.05, 0) is 30.7 Å². The second kappa shape index (κ2) is 8.74. The van der Waals surface area contributed by atoms with Crippen molar-refractivity contribution in [2.75, 3.05) is 19.7 Å². The van der Waals surface area contributed by atoms with Crippen LogP contribution in [0.15, 0.2) is 30.3 Å². The molecule has 1 aromatic carbocycles. The fraction of sp³-hybridized carbons (Fsp3) is 0.333. The van der Waals surface area contributed by atoms with Crippen LogP contribution in [0, 0.1) is 0 Å². The Morgan fingerprint density at radius 1 is 1.15 bits per heavy atom. The Bertz CT molecular complexity index is 467. The molecule has 1 aromatic rings. The highest BCUT2D eigenvalue weighted by Crippen LogP contribution is 2.12. The summed E-state index contributed by atoms with van der Waals surface area (Å²) in [5.74, 6) is 0.512. The summed E-state index contributed by atoms with van der Waals surface area (Å²) in [6.45, 7) is 4.84. The van der Waals surface area contributed by atoms with Gasteiger partial charge >= 0.3 is 0 Å². The lowest BCUT2D eigenvalue weighted by Crippen LogP contribution is -2.32. The molecule has 108 valence electrons. The third kappa shape index (κ3) is 6.58. The molecule has 0 unspecified atom stereocenters. The Hall–Kier alpha value is -2.30. The molecule has 20 heavy (non-hydrogen) atoms. The van der Waals surface area contributed by atoms with Gasteiger partial charge in [-0.2, -0.15) is 0 Å². The molecular formula is C15H20N2O3. The van der Waals surface area contributed by atoms with E-state index in [1.165, 1.54) is 13.0 Å². The summed E-state index contributed by atoms with van der Waals surface area (Å²) in [5.41, 5.74) is 0.922. The van der Waals surface area contributed by atoms with Gasteiger partial charge in [0.2, 0.25) is 11.8 Å². The van der Waals surface area contributed by atoms with Crippen LogP contribution in [0.25, 0.3) is 6.08 Å². The predicted octanol–water partition coefficient (Wildman–Crippen LogP) is 1.35. The van der Waals surface area contributed by atoms with Crippen LogP contribution >= 0.6 is 0 Å². The number of ether oxygens (including phenoxy) is 1. The van der Waals surface area contributed by atoms with Crippen LogP contribution in [-0.2, 0) is 9.59 Å². The summed E-state index contributed by atoms with van der Waals surface area (Å²) < 4.78 is 5.33. The molecule has 0 fully saturated rings. The van der Waals surface area contributed by atoms with Crippen LogP contribution in [0.4, 0.5) is 0 Å². The molecule has 0 aromatic heterocycles. The van der Waals surface area contributed by atoms with Crippen LogP contribution in [0.2, 0.25) is 0 Å². The van der Waals surface area contributed by atoms with E-state index in [0.29, 0.717) is 19.7 Å². The van der Waals surface area contributed by atoms with Gasteiger partial charge < -0.3 is 15.4 Å². The molecule has 0 saturated heterocycles. The monoisotopic (exact) mass is 276 g/mol. The highest BCUT2D eigenvalue weighted by Gasteiger charge is 1.96. The summed E-state index contributed by atoms with van der Waals surface area (Å²) in [6, 6.07) is 7.48. The van der Waals surface area contributed by atoms with Crippen molar-refractivity contribution in [3.8, 4) is 5.75 Å². The van der Waals surface area contributed by atoms with E-state index in [0.717, 1.165) is 11.3 Å². The van der Waals surface area contributed by atoms with E-state index in [1.54, 1.807) is 6.08 Å². The van der Waals surface area contributed by atoms with Gasteiger partial charge in [0.25, 0.3) is 0 Å². The Balaban J connectivity index is 2.35. The molecule has 0 atom stereocenters. The zero-order chi connectivity index (χ0) is 14.8. The number of carbonyl (C=O) groups is 2. The summed E-state index contributed by atoms with van der Waals surface area (Å²) in [5, 5.41) is 5.28. The van der Waals surface area contributed by atoms with Gasteiger partial charge in [0.05, 0.1) is 6.61 Å². The zero-order valence-corrected chi connectivity index (χ0v) is 11.8. The predicted molar refractivity (Wildman–Crippen MR) is 78.3 cm³/mol. The average molecular weight is 276 g/mol. The Kier molecular flexibility index (Phi) is 6.89. The molecular weight excluding hydrogens is 256 g/mol. The summed E-state index contributed by atoms with van der Waals surface area (Å²) in [4.78, 5) is 22.1. The lowest BCUT2D eigenvalue weighted by atomic mass is 10.2. The van der Waals surface area contributed by atoms with E-state index in [1.807, 2.05) is 31.2 Å². The Morgan fingerprint density at radius 2 is 1.80 bits per heavy atom. The van der Waals surface area contributed by atoms with Crippen molar-refractivity contribution in [3.63, 3.8) is 0 Å². The van der Waals surface area contributed by atoms with Gasteiger partial charge in [0, 0.05) is 26.1 Å². The van der Waals surface area contributed by atoms with Gasteiger partial charge in [-0.15, -0.1) is 0 Å². The molecule has 0 heterocycles. The SMILES string of the molecule is CCOc1ccc(C=CC(=O)NCCNC(C)=O)cc1. The van der Waals surface area contributed by atoms with Crippen molar-refractivity contribution < 1.29 is 14.3 Å². The van der Waals surface area contributed by atoms with Gasteiger partial charge in [0.1, 0.15) is 5.75 Å². The first kappa shape index (κ1) is 15.8. The molecule has 0 bridgehead atoms. The number of amides is 2. The van der Waals surface area contributed by atoms with E-state index in [9.17, 15) is 9.59 Å². The number of hydrogen-bond donors (Lipinski definition) is 2. The quantitative estimate of drug-likeness (QED) is 0.583. The van der Waals surface area contributed by atoms with E-state index in [-0.39, 0.29) is 11.8 Å². The second-order valence-corrected chi connectivity index (χ2v) is 4.11. The number of carbonyl (C=O) groups excluding carboxylic acids is 2. The molecule has 1 rings (SSSR count). The van der Waals surface area contributed by atoms with Crippen LogP contribution in [0.3, 0.4) is 0 Å². The van der Waals surface area contributed by atoms with E-state index >= 15 is 0 Å². The number of nitrogens with one attached hydrogen (secondary N) is 2. The first-order valence-electron chi connectivity index (χ1n) is 6.55. The maximum Gasteiger partial charge on any atom is 0.244 e. The summed E-state index contributed by atoms with van der Waals surface area (Å²) in [6.07, 6.45) is 3.19. The zero-order valence-electron chi connectivity index (χ0n) is 11.8. The minimum Gasteiger partial charge on any atom is -0.494 e. The van der Waals surface area contributed by atoms with Crippen LogP contribution in [0.1, 0.15) is 19.4 Å². The normalized spacial score (nSPS) is 10.3. The van der Waals surface area contributed by atoms with Gasteiger partial charge in [-0.3, -0.25) is 9.59 Å². The first-order chi connectivity index (χ1) is 9.61. The second-order valence-electron chi connectivity index (χ2n) is 4.11. The molecule has 0 aliphatic carbocycles. The molecule has 0 aliphatic rings. The lowest BCUT2D eigenvalue weighted by molar-refractivity contribution is -0.119. The maximum absolute atomic E-state index is 11.5. The van der Waals surface area contributed by atoms with Crippen molar-refractivity contribution >= 4 is 17.9 Å². The van der Waals surface area contributed by atoms with Crippen molar-refractivity contribution in [1.29, 1.82) is 0 Å². The lowest BCUT2D eigenvalue weighted by Gasteiger charge is -2.03. The highest BCUT2D eigenvalue weighted by atomic mass is 16.5. The van der Waals surface area contributed by atoms with Crippen LogP contribution in [0.5, 0.6) is 5.75 Å². The molecule has 0 radical (unpaired) electrons. The molecule has 0 aliphatic heterocycles. The standard InChI is InChI=1S/C15H20N2O3/c1-3-20-14-7-4-13(5-8-14)6-9-15(19)17-11-10-16-12(2)18/h4-9H,3,10-11H2,1-2H3,(H,16,18)(H,17,19). The molecule has 0 saturated carbocycles. The van der Waals surface area contributed by atoms with Crippen molar-refractivity contribution in [3.05, 3.63) is 35.9 Å². The number of hydrogen-bond acceptors (Lipinski definition) is 3. The summed E-state index contributed by atoms with van der Waals surface area (Å²) in [7, 11) is 0. The van der Waals surface area contributed by atoms with Gasteiger partial charge in [0.15, 0.2) is 0 Å². The molecule has 2 N–H and O–H groups in total. The van der Waals surface area contributed by atoms with Gasteiger partial charge in [-0.1, -0.05) is 12.1 Å². The minimum absolute atomic E-state index is 0.107. The fourth-order valence-corrected chi connectivity index (χ4v) is 1.50. The first-order valence-corrected chi connectivity index (χ1v) is 6.55. The maximum atomic E-state index is 11.5. The van der Waals surface area contributed by atoms with Crippen LogP contribution in [-0.4, -0.2) is 31.5 Å². The van der Waals surface area contributed by atoms with Crippen molar-refractivity contribution in [1.82, 2.24) is 10.6 Å². The smallest absolute Gasteiger partial charge is 0.244 e. The molecule has 5 nitrogen and oxygen atoms in total. The Labute approximate surface area is 119 Å². The molecule has 0 spiro atoms. The van der Waals surface area contributed by atoms with Crippen molar-refractivity contribution in [2.45, 2.75) is 13.8 Å². The summed E-state index contributed by atoms with van der Waals surface area (Å²) >= 11 is 0. The molecule has 5 heteroatoms. The van der Waals surface area contributed by atoms with Crippen molar-refractivity contribution in [2.24, 2.45) is 0 Å². The van der Waals surface area contributed by atoms with Crippen LogP contribution < -0.4 is 15.4 Å².